The van der Waals surface area contributed by atoms with Gasteiger partial charge in [0.05, 0.1) is 35.0 Å². The van der Waals surface area contributed by atoms with Gasteiger partial charge in [0.2, 0.25) is 5.95 Å². The summed E-state index contributed by atoms with van der Waals surface area (Å²) in [5, 5.41) is 19.7. The van der Waals surface area contributed by atoms with Crippen LogP contribution in [0.5, 0.6) is 5.75 Å². The van der Waals surface area contributed by atoms with Crippen molar-refractivity contribution >= 4 is 39.9 Å². The van der Waals surface area contributed by atoms with E-state index in [1.54, 1.807) is 30.3 Å². The van der Waals surface area contributed by atoms with Gasteiger partial charge in [-0.25, -0.2) is 15.0 Å². The number of halogens is 1. The van der Waals surface area contributed by atoms with Gasteiger partial charge in [-0.3, -0.25) is 10.1 Å². The minimum Gasteiger partial charge on any atom is -0.497 e. The first kappa shape index (κ1) is 24.5. The molecule has 0 amide bonds. The van der Waals surface area contributed by atoms with E-state index in [9.17, 15) is 10.1 Å². The molecule has 8 nitrogen and oxygen atoms in total. The molecule has 0 spiro atoms. The Balaban J connectivity index is 1.53. The highest BCUT2D eigenvalue weighted by Crippen LogP contribution is 2.39. The molecular weight excluding hydrogens is 514 g/mol. The van der Waals surface area contributed by atoms with Gasteiger partial charge in [0, 0.05) is 34.5 Å². The molecule has 0 radical (unpaired) electrons. The number of hydrazone groups is 1. The molecule has 1 atom stereocenters. The number of benzene rings is 4. The largest absolute Gasteiger partial charge is 0.497 e. The van der Waals surface area contributed by atoms with E-state index >= 15 is 0 Å². The molecule has 4 aromatic carbocycles. The van der Waals surface area contributed by atoms with Crippen LogP contribution in [0.25, 0.3) is 22.2 Å². The zero-order valence-electron chi connectivity index (χ0n) is 20.9. The van der Waals surface area contributed by atoms with Gasteiger partial charge in [0.25, 0.3) is 5.69 Å². The molecule has 1 aliphatic rings. The highest BCUT2D eigenvalue weighted by molar-refractivity contribution is 6.31. The number of nitro groups is 1. The van der Waals surface area contributed by atoms with Crippen molar-refractivity contribution in [3.8, 4) is 17.0 Å². The van der Waals surface area contributed by atoms with Gasteiger partial charge in [-0.1, -0.05) is 54.1 Å². The Hall–Kier alpha value is -4.82. The predicted molar refractivity (Wildman–Crippen MR) is 152 cm³/mol. The summed E-state index contributed by atoms with van der Waals surface area (Å²) < 4.78 is 5.31. The number of hydrogen-bond acceptors (Lipinski definition) is 7. The fraction of sp³-hybridized carbons (Fsp3) is 0.100. The summed E-state index contributed by atoms with van der Waals surface area (Å²) in [7, 11) is 1.62. The van der Waals surface area contributed by atoms with Crippen molar-refractivity contribution in [1.82, 2.24) is 9.97 Å². The van der Waals surface area contributed by atoms with Crippen molar-refractivity contribution in [2.24, 2.45) is 5.10 Å². The van der Waals surface area contributed by atoms with E-state index in [0.29, 0.717) is 22.9 Å². The van der Waals surface area contributed by atoms with Crippen LogP contribution in [0.15, 0.2) is 102 Å². The third kappa shape index (κ3) is 4.78. The molecule has 1 aromatic heterocycles. The average molecular weight is 536 g/mol. The minimum absolute atomic E-state index is 0.0180. The molecule has 9 heteroatoms. The summed E-state index contributed by atoms with van der Waals surface area (Å²) in [5.41, 5.74) is 4.86. The molecule has 0 bridgehead atoms. The summed E-state index contributed by atoms with van der Waals surface area (Å²) in [6.45, 7) is 0. The van der Waals surface area contributed by atoms with E-state index in [0.717, 1.165) is 39.2 Å². The van der Waals surface area contributed by atoms with Crippen LogP contribution in [0, 0.1) is 10.1 Å². The van der Waals surface area contributed by atoms with Crippen LogP contribution in [0.3, 0.4) is 0 Å². The second-order valence-electron chi connectivity index (χ2n) is 9.09. The Labute approximate surface area is 229 Å². The molecule has 0 saturated carbocycles. The average Bonchev–Trinajstić information content (AvgIpc) is 3.43. The molecule has 2 heterocycles. The number of aromatic nitrogens is 2. The third-order valence-corrected chi connectivity index (χ3v) is 6.93. The maximum absolute atomic E-state index is 11.6. The predicted octanol–water partition coefficient (Wildman–Crippen LogP) is 7.22. The van der Waals surface area contributed by atoms with Crippen molar-refractivity contribution in [2.45, 2.75) is 12.5 Å². The van der Waals surface area contributed by atoms with E-state index in [2.05, 4.69) is 0 Å². The highest BCUT2D eigenvalue weighted by atomic mass is 35.5. The lowest BCUT2D eigenvalue weighted by Gasteiger charge is -2.23. The van der Waals surface area contributed by atoms with E-state index < -0.39 is 4.92 Å². The van der Waals surface area contributed by atoms with Crippen LogP contribution in [0.2, 0.25) is 5.02 Å². The first-order chi connectivity index (χ1) is 19.0. The van der Waals surface area contributed by atoms with E-state index in [4.69, 9.17) is 31.4 Å². The Morgan fingerprint density at radius 1 is 0.923 bits per heavy atom. The van der Waals surface area contributed by atoms with Crippen LogP contribution >= 0.6 is 11.6 Å². The third-order valence-electron chi connectivity index (χ3n) is 6.70. The lowest BCUT2D eigenvalue weighted by atomic mass is 9.98. The Morgan fingerprint density at radius 2 is 1.72 bits per heavy atom. The minimum atomic E-state index is -0.391. The van der Waals surface area contributed by atoms with Crippen molar-refractivity contribution < 1.29 is 9.66 Å². The smallest absolute Gasteiger partial charge is 0.269 e. The van der Waals surface area contributed by atoms with Crippen LogP contribution in [0.4, 0.5) is 11.6 Å². The first-order valence-corrected chi connectivity index (χ1v) is 12.7. The van der Waals surface area contributed by atoms with Gasteiger partial charge in [-0.2, -0.15) is 5.10 Å². The van der Waals surface area contributed by atoms with Crippen molar-refractivity contribution in [3.05, 3.63) is 123 Å². The summed E-state index contributed by atoms with van der Waals surface area (Å²) in [4.78, 5) is 21.0. The SMILES string of the molecule is COc1ccc(C2=NN(c3nc(-c4ccccc4)c4cc(Cl)ccc4n3)[C@H](c3cccc([N+](=O)[O-])c3)C2)cc1. The zero-order chi connectivity index (χ0) is 26.9. The molecule has 0 fully saturated rings. The van der Waals surface area contributed by atoms with Gasteiger partial charge in [0.15, 0.2) is 0 Å². The van der Waals surface area contributed by atoms with Crippen LogP contribution in [0.1, 0.15) is 23.6 Å². The standard InChI is InChI=1S/C30H22ClN5O3/c1-39-24-13-10-19(11-14-24)27-18-28(21-8-5-9-23(16-21)36(37)38)35(34-27)30-32-26-15-12-22(31)17-25(26)29(33-30)20-6-3-2-4-7-20/h2-17,28H,18H2,1H3/t28-/m0/s1. The van der Waals surface area contributed by atoms with Crippen LogP contribution in [-0.2, 0) is 0 Å². The van der Waals surface area contributed by atoms with E-state index in [1.165, 1.54) is 6.07 Å². The topological polar surface area (TPSA) is 93.8 Å². The fourth-order valence-corrected chi connectivity index (χ4v) is 4.94. The number of anilines is 1. The number of rotatable bonds is 6. The lowest BCUT2D eigenvalue weighted by molar-refractivity contribution is -0.384. The van der Waals surface area contributed by atoms with E-state index in [-0.39, 0.29) is 11.7 Å². The second kappa shape index (κ2) is 10.2. The van der Waals surface area contributed by atoms with Gasteiger partial charge in [-0.05, 0) is 53.6 Å². The molecular formula is C30H22ClN5O3. The molecule has 0 N–H and O–H groups in total. The zero-order valence-corrected chi connectivity index (χ0v) is 21.6. The quantitative estimate of drug-likeness (QED) is 0.168. The highest BCUT2D eigenvalue weighted by Gasteiger charge is 2.33. The second-order valence-corrected chi connectivity index (χ2v) is 9.53. The number of methoxy groups -OCH3 is 1. The summed E-state index contributed by atoms with van der Waals surface area (Å²) in [6, 6.07) is 29.3. The fourth-order valence-electron chi connectivity index (χ4n) is 4.76. The van der Waals surface area contributed by atoms with Crippen LogP contribution in [-0.4, -0.2) is 27.7 Å². The van der Waals surface area contributed by atoms with E-state index in [1.807, 2.05) is 72.8 Å². The molecule has 0 aliphatic carbocycles. The van der Waals surface area contributed by atoms with Crippen molar-refractivity contribution in [2.75, 3.05) is 12.1 Å². The molecule has 1 aliphatic heterocycles. The number of ether oxygens (including phenoxy) is 1. The molecule has 39 heavy (non-hydrogen) atoms. The summed E-state index contributed by atoms with van der Waals surface area (Å²) in [5.74, 6) is 1.14. The van der Waals surface area contributed by atoms with Gasteiger partial charge < -0.3 is 4.74 Å². The molecule has 5 aromatic rings. The van der Waals surface area contributed by atoms with Crippen LogP contribution < -0.4 is 9.75 Å². The van der Waals surface area contributed by atoms with Gasteiger partial charge in [0.1, 0.15) is 5.75 Å². The number of nitrogens with zero attached hydrogens (tertiary/aromatic N) is 5. The number of nitro benzene ring substituents is 1. The number of fused-ring (bicyclic) bond motifs is 1. The molecule has 192 valence electrons. The van der Waals surface area contributed by atoms with Gasteiger partial charge in [-0.15, -0.1) is 0 Å². The van der Waals surface area contributed by atoms with Crippen molar-refractivity contribution in [1.29, 1.82) is 0 Å². The maximum Gasteiger partial charge on any atom is 0.269 e. The van der Waals surface area contributed by atoms with Crippen molar-refractivity contribution in [3.63, 3.8) is 0 Å². The molecule has 0 saturated heterocycles. The normalized spacial score (nSPS) is 14.9. The number of hydrogen-bond donors (Lipinski definition) is 0. The molecule has 6 rings (SSSR count). The lowest BCUT2D eigenvalue weighted by Crippen LogP contribution is -2.21. The first-order valence-electron chi connectivity index (χ1n) is 12.3. The summed E-state index contributed by atoms with van der Waals surface area (Å²) >= 11 is 6.35. The van der Waals surface area contributed by atoms with Gasteiger partial charge >= 0.3 is 0 Å². The Bertz CT molecular complexity index is 1720. The maximum atomic E-state index is 11.6. The Morgan fingerprint density at radius 3 is 2.46 bits per heavy atom. The monoisotopic (exact) mass is 535 g/mol. The number of non-ortho nitro benzene ring substituents is 1. The summed E-state index contributed by atoms with van der Waals surface area (Å²) in [6.07, 6.45) is 0.510. The Kier molecular flexibility index (Phi) is 6.38. The molecule has 0 unspecified atom stereocenters.